The van der Waals surface area contributed by atoms with Crippen molar-refractivity contribution in [2.24, 2.45) is 0 Å². The predicted octanol–water partition coefficient (Wildman–Crippen LogP) is 2.39. The molecule has 3 N–H and O–H groups in total. The van der Waals surface area contributed by atoms with Gasteiger partial charge in [-0.3, -0.25) is 4.79 Å². The fourth-order valence-corrected chi connectivity index (χ4v) is 2.27. The van der Waals surface area contributed by atoms with Gasteiger partial charge in [0, 0.05) is 5.69 Å². The normalized spacial score (nSPS) is 13.3. The lowest BCUT2D eigenvalue weighted by Crippen LogP contribution is -2.73. The number of amides is 1. The fraction of sp³-hybridized carbons (Fsp3) is 0.222. The second-order valence-corrected chi connectivity index (χ2v) is 5.57. The average molecular weight is 381 g/mol. The van der Waals surface area contributed by atoms with E-state index in [1.807, 2.05) is 5.43 Å². The Hall–Kier alpha value is -3.07. The summed E-state index contributed by atoms with van der Waals surface area (Å²) >= 11 is 0. The average Bonchev–Trinajstić information content (AvgIpc) is 2.65. The van der Waals surface area contributed by atoms with Crippen LogP contribution in [0.1, 0.15) is 5.56 Å². The predicted molar refractivity (Wildman–Crippen MR) is 92.3 cm³/mol. The van der Waals surface area contributed by atoms with Gasteiger partial charge in [-0.1, -0.05) is 48.5 Å². The number of hydrogen-bond acceptors (Lipinski definition) is 5. The van der Waals surface area contributed by atoms with Gasteiger partial charge < -0.3 is 15.5 Å². The molecular weight excluding hydrogens is 363 g/mol. The molecule has 0 unspecified atom stereocenters. The number of methoxy groups -OCH3 is 1. The van der Waals surface area contributed by atoms with Crippen LogP contribution in [-0.4, -0.2) is 30.8 Å². The van der Waals surface area contributed by atoms with Crippen LogP contribution in [0.4, 0.5) is 18.9 Å². The van der Waals surface area contributed by atoms with Crippen molar-refractivity contribution in [2.75, 3.05) is 12.5 Å². The van der Waals surface area contributed by atoms with E-state index < -0.39 is 23.7 Å². The Morgan fingerprint density at radius 2 is 1.52 bits per heavy atom. The van der Waals surface area contributed by atoms with Crippen LogP contribution in [-0.2, 0) is 20.7 Å². The Morgan fingerprint density at radius 1 is 0.963 bits per heavy atom. The lowest BCUT2D eigenvalue weighted by Gasteiger charge is -2.34. The molecule has 144 valence electrons. The number of benzene rings is 2. The zero-order valence-electron chi connectivity index (χ0n) is 14.3. The van der Waals surface area contributed by atoms with E-state index in [2.05, 4.69) is 10.2 Å². The third-order valence-electron chi connectivity index (χ3n) is 3.62. The summed E-state index contributed by atoms with van der Waals surface area (Å²) in [5.41, 5.74) is 1.45. The molecule has 27 heavy (non-hydrogen) atoms. The Balaban J connectivity index is 2.26. The van der Waals surface area contributed by atoms with Crippen molar-refractivity contribution in [1.82, 2.24) is 10.7 Å². The molecule has 1 amide bonds. The van der Waals surface area contributed by atoms with Crippen molar-refractivity contribution in [3.05, 3.63) is 66.2 Å². The lowest BCUT2D eigenvalue weighted by atomic mass is 10.1. The SMILES string of the molecule is COC(=O)[C@](NNc1ccccc1)(NC(=O)Cc1ccccc1)C(F)(F)F. The molecule has 0 heterocycles. The highest BCUT2D eigenvalue weighted by Crippen LogP contribution is 2.30. The zero-order valence-corrected chi connectivity index (χ0v) is 14.3. The minimum Gasteiger partial charge on any atom is -0.466 e. The van der Waals surface area contributed by atoms with Crippen molar-refractivity contribution in [3.8, 4) is 0 Å². The second-order valence-electron chi connectivity index (χ2n) is 5.57. The molecule has 0 fully saturated rings. The topological polar surface area (TPSA) is 79.5 Å². The molecule has 2 rings (SSSR count). The highest BCUT2D eigenvalue weighted by atomic mass is 19.4. The Bertz CT molecular complexity index is 770. The molecule has 0 bridgehead atoms. The second kappa shape index (κ2) is 8.54. The molecule has 2 aromatic rings. The van der Waals surface area contributed by atoms with E-state index in [1.54, 1.807) is 53.8 Å². The molecule has 2 aromatic carbocycles. The summed E-state index contributed by atoms with van der Waals surface area (Å²) in [6.45, 7) is 0. The summed E-state index contributed by atoms with van der Waals surface area (Å²) in [5, 5.41) is 1.73. The summed E-state index contributed by atoms with van der Waals surface area (Å²) in [5.74, 6) is -2.72. The summed E-state index contributed by atoms with van der Waals surface area (Å²) in [4.78, 5) is 24.3. The molecule has 6 nitrogen and oxygen atoms in total. The standard InChI is InChI=1S/C18H18F3N3O3/c1-27-16(26)17(18(19,20)21,24-23-14-10-6-3-7-11-14)22-15(25)12-13-8-4-2-5-9-13/h2-11,23-24H,12H2,1H3,(H,22,25)/t17-/m1/s1. The molecule has 0 aromatic heterocycles. The lowest BCUT2D eigenvalue weighted by molar-refractivity contribution is -0.219. The number of rotatable bonds is 7. The van der Waals surface area contributed by atoms with E-state index in [-0.39, 0.29) is 12.1 Å². The highest BCUT2D eigenvalue weighted by molar-refractivity contribution is 5.89. The molecule has 1 atom stereocenters. The fourth-order valence-electron chi connectivity index (χ4n) is 2.27. The van der Waals surface area contributed by atoms with Gasteiger partial charge in [0.25, 0.3) is 0 Å². The van der Waals surface area contributed by atoms with Crippen molar-refractivity contribution in [2.45, 2.75) is 18.3 Å². The van der Waals surface area contributed by atoms with E-state index in [0.717, 1.165) is 7.11 Å². The van der Waals surface area contributed by atoms with Gasteiger partial charge in [0.1, 0.15) is 0 Å². The van der Waals surface area contributed by atoms with Crippen LogP contribution in [0.25, 0.3) is 0 Å². The van der Waals surface area contributed by atoms with E-state index in [9.17, 15) is 22.8 Å². The maximum Gasteiger partial charge on any atom is 0.438 e. The summed E-state index contributed by atoms with van der Waals surface area (Å²) in [6.07, 6.45) is -5.53. The number of nitrogens with one attached hydrogen (secondary N) is 3. The minimum atomic E-state index is -5.19. The number of para-hydroxylation sites is 1. The Kier molecular flexibility index (Phi) is 6.40. The van der Waals surface area contributed by atoms with Gasteiger partial charge in [-0.2, -0.15) is 18.6 Å². The number of alkyl halides is 3. The van der Waals surface area contributed by atoms with Gasteiger partial charge in [0.05, 0.1) is 13.5 Å². The number of hydrogen-bond donors (Lipinski definition) is 3. The first-order chi connectivity index (χ1) is 12.8. The molecule has 0 spiro atoms. The highest BCUT2D eigenvalue weighted by Gasteiger charge is 2.63. The van der Waals surface area contributed by atoms with Crippen molar-refractivity contribution in [1.29, 1.82) is 0 Å². The van der Waals surface area contributed by atoms with Crippen LogP contribution in [0.15, 0.2) is 60.7 Å². The quantitative estimate of drug-likeness (QED) is 0.390. The van der Waals surface area contributed by atoms with Gasteiger partial charge in [-0.25, -0.2) is 4.79 Å². The van der Waals surface area contributed by atoms with Gasteiger partial charge in [-0.05, 0) is 17.7 Å². The van der Waals surface area contributed by atoms with Crippen LogP contribution >= 0.6 is 0 Å². The van der Waals surface area contributed by atoms with E-state index >= 15 is 0 Å². The summed E-state index contributed by atoms with van der Waals surface area (Å²) < 4.78 is 45.7. The first-order valence-electron chi connectivity index (χ1n) is 7.87. The van der Waals surface area contributed by atoms with Gasteiger partial charge >= 0.3 is 17.8 Å². The number of esters is 1. The molecule has 9 heteroatoms. The van der Waals surface area contributed by atoms with E-state index in [0.29, 0.717) is 5.56 Å². The molecule has 0 aliphatic heterocycles. The van der Waals surface area contributed by atoms with Crippen LogP contribution in [0, 0.1) is 0 Å². The third kappa shape index (κ3) is 4.98. The van der Waals surface area contributed by atoms with Crippen molar-refractivity contribution >= 4 is 17.6 Å². The maximum atomic E-state index is 13.8. The van der Waals surface area contributed by atoms with E-state index in [4.69, 9.17) is 0 Å². The maximum absolute atomic E-state index is 13.8. The van der Waals surface area contributed by atoms with Gasteiger partial charge in [-0.15, -0.1) is 0 Å². The first-order valence-corrected chi connectivity index (χ1v) is 7.87. The van der Waals surface area contributed by atoms with Crippen LogP contribution in [0.3, 0.4) is 0 Å². The van der Waals surface area contributed by atoms with Crippen LogP contribution in [0.5, 0.6) is 0 Å². The zero-order chi connectivity index (χ0) is 19.9. The smallest absolute Gasteiger partial charge is 0.438 e. The van der Waals surface area contributed by atoms with Gasteiger partial charge in [0.15, 0.2) is 0 Å². The monoisotopic (exact) mass is 381 g/mol. The summed E-state index contributed by atoms with van der Waals surface area (Å²) in [6, 6.07) is 16.0. The number of carbonyl (C=O) groups is 2. The number of ether oxygens (including phenoxy) is 1. The number of carbonyl (C=O) groups excluding carboxylic acids is 2. The number of hydrazine groups is 1. The minimum absolute atomic E-state index is 0.257. The Labute approximate surface area is 153 Å². The molecule has 0 radical (unpaired) electrons. The van der Waals surface area contributed by atoms with Crippen molar-refractivity contribution in [3.63, 3.8) is 0 Å². The molecular formula is C18H18F3N3O3. The number of anilines is 1. The summed E-state index contributed by atoms with van der Waals surface area (Å²) in [7, 11) is 0.802. The molecule has 0 saturated carbocycles. The van der Waals surface area contributed by atoms with E-state index in [1.165, 1.54) is 12.1 Å². The largest absolute Gasteiger partial charge is 0.466 e. The molecule has 0 aliphatic rings. The van der Waals surface area contributed by atoms with Crippen LogP contribution < -0.4 is 16.2 Å². The first kappa shape index (κ1) is 20.2. The Morgan fingerprint density at radius 3 is 2.04 bits per heavy atom. The van der Waals surface area contributed by atoms with Crippen molar-refractivity contribution < 1.29 is 27.5 Å². The van der Waals surface area contributed by atoms with Gasteiger partial charge in [0.2, 0.25) is 5.91 Å². The molecule has 0 aliphatic carbocycles. The molecule has 0 saturated heterocycles. The number of halogens is 3. The van der Waals surface area contributed by atoms with Crippen LogP contribution in [0.2, 0.25) is 0 Å². The third-order valence-corrected chi connectivity index (χ3v) is 3.62.